The molecule has 3 heterocycles. The van der Waals surface area contributed by atoms with Gasteiger partial charge in [-0.1, -0.05) is 11.6 Å². The summed E-state index contributed by atoms with van der Waals surface area (Å²) in [6.07, 6.45) is -0.669. The van der Waals surface area contributed by atoms with Gasteiger partial charge in [0.1, 0.15) is 22.2 Å². The van der Waals surface area contributed by atoms with Crippen molar-refractivity contribution in [3.8, 4) is 5.75 Å². The van der Waals surface area contributed by atoms with Crippen LogP contribution in [0.15, 0.2) is 24.3 Å². The van der Waals surface area contributed by atoms with Gasteiger partial charge in [-0.2, -0.15) is 0 Å². The molecule has 1 aromatic carbocycles. The largest absolute Gasteiger partial charge is 0.489 e. The molecule has 28 heavy (non-hydrogen) atoms. The summed E-state index contributed by atoms with van der Waals surface area (Å²) in [5, 5.41) is 2.06. The van der Waals surface area contributed by atoms with E-state index in [1.807, 2.05) is 18.2 Å². The molecule has 1 atom stereocenters. The Kier molecular flexibility index (Phi) is 4.47. The monoisotopic (exact) mass is 418 g/mol. The van der Waals surface area contributed by atoms with Gasteiger partial charge in [0.05, 0.1) is 11.6 Å². The molecule has 4 rings (SSSR count). The van der Waals surface area contributed by atoms with E-state index in [1.165, 1.54) is 11.3 Å². The maximum Gasteiger partial charge on any atom is 0.417 e. The minimum atomic E-state index is -0.700. The van der Waals surface area contributed by atoms with E-state index in [9.17, 15) is 9.59 Å². The number of carbonyl (C=O) groups is 2. The predicted molar refractivity (Wildman–Crippen MR) is 109 cm³/mol. The highest BCUT2D eigenvalue weighted by Gasteiger charge is 2.38. The topological polar surface area (TPSA) is 68.7 Å². The van der Waals surface area contributed by atoms with Crippen molar-refractivity contribution in [3.05, 3.63) is 34.3 Å². The van der Waals surface area contributed by atoms with E-state index in [-0.39, 0.29) is 6.61 Å². The normalized spacial score (nSPS) is 17.4. The van der Waals surface area contributed by atoms with Crippen LogP contribution in [0.2, 0.25) is 5.15 Å². The molecule has 2 aromatic heterocycles. The van der Waals surface area contributed by atoms with Crippen LogP contribution in [0, 0.1) is 0 Å². The van der Waals surface area contributed by atoms with Gasteiger partial charge in [-0.05, 0) is 52.0 Å². The Bertz CT molecular complexity index is 1120. The van der Waals surface area contributed by atoms with Gasteiger partial charge in [0.2, 0.25) is 0 Å². The maximum atomic E-state index is 13.3. The first-order chi connectivity index (χ1) is 13.2. The van der Waals surface area contributed by atoms with Crippen molar-refractivity contribution in [3.63, 3.8) is 0 Å². The Morgan fingerprint density at radius 3 is 2.79 bits per heavy atom. The minimum absolute atomic E-state index is 0.182. The highest BCUT2D eigenvalue weighted by molar-refractivity contribution is 7.21. The molecular weight excluding hydrogens is 400 g/mol. The number of ether oxygens (including phenoxy) is 2. The second-order valence-corrected chi connectivity index (χ2v) is 9.15. The van der Waals surface area contributed by atoms with E-state index in [0.717, 1.165) is 25.9 Å². The lowest BCUT2D eigenvalue weighted by Crippen LogP contribution is -2.46. The van der Waals surface area contributed by atoms with Crippen LogP contribution >= 0.6 is 22.9 Å². The lowest BCUT2D eigenvalue weighted by Gasteiger charge is -2.28. The van der Waals surface area contributed by atoms with Crippen LogP contribution in [0.3, 0.4) is 0 Å². The van der Waals surface area contributed by atoms with E-state index in [1.54, 1.807) is 33.8 Å². The van der Waals surface area contributed by atoms with Gasteiger partial charge in [-0.25, -0.2) is 14.7 Å². The highest BCUT2D eigenvalue weighted by Crippen LogP contribution is 2.44. The molecule has 0 aliphatic carbocycles. The number of rotatable bonds is 0. The zero-order chi connectivity index (χ0) is 20.2. The van der Waals surface area contributed by atoms with Gasteiger partial charge in [-0.15, -0.1) is 11.3 Å². The van der Waals surface area contributed by atoms with Gasteiger partial charge in [0.25, 0.3) is 5.91 Å². The first-order valence-corrected chi connectivity index (χ1v) is 10.1. The number of imide groups is 1. The number of benzene rings is 1. The number of carbonyl (C=O) groups excluding carboxylic acids is 2. The van der Waals surface area contributed by atoms with E-state index in [2.05, 4.69) is 4.98 Å². The number of nitrogens with zero attached hydrogens (tertiary/aromatic N) is 2. The second-order valence-electron chi connectivity index (χ2n) is 7.72. The number of aromatic nitrogens is 1. The number of amides is 2. The molecule has 1 aliphatic rings. The maximum absolute atomic E-state index is 13.3. The molecule has 146 valence electrons. The van der Waals surface area contributed by atoms with Crippen LogP contribution in [0.25, 0.3) is 21.0 Å². The molecule has 2 amide bonds. The molecule has 8 heteroatoms. The van der Waals surface area contributed by atoms with Crippen molar-refractivity contribution in [2.45, 2.75) is 39.3 Å². The Labute approximate surface area is 171 Å². The summed E-state index contributed by atoms with van der Waals surface area (Å²) in [7, 11) is 0. The summed E-state index contributed by atoms with van der Waals surface area (Å²) >= 11 is 7.31. The fraction of sp³-hybridized carbons (Fsp3) is 0.350. The fourth-order valence-corrected chi connectivity index (χ4v) is 4.44. The first-order valence-electron chi connectivity index (χ1n) is 8.87. The average molecular weight is 419 g/mol. The molecule has 3 aromatic rings. The van der Waals surface area contributed by atoms with Crippen LogP contribution in [0.1, 0.15) is 37.4 Å². The zero-order valence-corrected chi connectivity index (χ0v) is 17.5. The molecule has 1 aliphatic heterocycles. The van der Waals surface area contributed by atoms with E-state index < -0.39 is 23.6 Å². The number of hydrogen-bond acceptors (Lipinski definition) is 6. The second kappa shape index (κ2) is 6.60. The van der Waals surface area contributed by atoms with Crippen LogP contribution in [0.4, 0.5) is 4.79 Å². The number of halogens is 1. The summed E-state index contributed by atoms with van der Waals surface area (Å²) < 4.78 is 12.3. The minimum Gasteiger partial charge on any atom is -0.489 e. The van der Waals surface area contributed by atoms with Gasteiger partial charge in [0.15, 0.2) is 5.75 Å². The lowest BCUT2D eigenvalue weighted by atomic mass is 10.1. The van der Waals surface area contributed by atoms with Crippen molar-refractivity contribution in [2.75, 3.05) is 6.61 Å². The van der Waals surface area contributed by atoms with E-state index in [0.29, 0.717) is 15.8 Å². The van der Waals surface area contributed by atoms with Gasteiger partial charge < -0.3 is 9.47 Å². The Morgan fingerprint density at radius 1 is 1.32 bits per heavy atom. The van der Waals surface area contributed by atoms with Crippen LogP contribution in [0.5, 0.6) is 5.75 Å². The van der Waals surface area contributed by atoms with Crippen LogP contribution in [-0.2, 0) is 4.74 Å². The first kappa shape index (κ1) is 19.0. The summed E-state index contributed by atoms with van der Waals surface area (Å²) in [4.78, 5) is 31.8. The van der Waals surface area contributed by atoms with Crippen LogP contribution < -0.4 is 4.74 Å². The third-order valence-corrected chi connectivity index (χ3v) is 5.69. The standard InChI is InChI=1S/C20H19ClN2O4S/c1-10-9-26-16-15-11-5-8-14(21)22-12(11)6-7-13(15)28-17(16)18(24)23(10)19(25)27-20(2,3)4/h5-8,10H,9H2,1-4H3/t10-/m1/s1. The smallest absolute Gasteiger partial charge is 0.417 e. The summed E-state index contributed by atoms with van der Waals surface area (Å²) in [6.45, 7) is 7.25. The molecule has 0 saturated carbocycles. The number of thiophene rings is 1. The Hall–Kier alpha value is -2.38. The van der Waals surface area contributed by atoms with Crippen molar-refractivity contribution in [1.29, 1.82) is 0 Å². The third kappa shape index (κ3) is 3.18. The predicted octanol–water partition coefficient (Wildman–Crippen LogP) is 5.26. The van der Waals surface area contributed by atoms with E-state index >= 15 is 0 Å². The molecule has 6 nitrogen and oxygen atoms in total. The summed E-state index contributed by atoms with van der Waals surface area (Å²) in [5.74, 6) is 0.0724. The van der Waals surface area contributed by atoms with Crippen molar-refractivity contribution < 1.29 is 19.1 Å². The van der Waals surface area contributed by atoms with Gasteiger partial charge in [0, 0.05) is 15.5 Å². The lowest BCUT2D eigenvalue weighted by molar-refractivity contribution is 0.0159. The Morgan fingerprint density at radius 2 is 2.07 bits per heavy atom. The summed E-state index contributed by atoms with van der Waals surface area (Å²) in [5.41, 5.74) is 0.0203. The van der Waals surface area contributed by atoms with E-state index in [4.69, 9.17) is 21.1 Å². The number of pyridine rings is 1. The van der Waals surface area contributed by atoms with Crippen LogP contribution in [-0.4, -0.2) is 40.1 Å². The summed E-state index contributed by atoms with van der Waals surface area (Å²) in [6, 6.07) is 6.87. The molecule has 0 saturated heterocycles. The average Bonchev–Trinajstić information content (AvgIpc) is 2.91. The highest BCUT2D eigenvalue weighted by atomic mass is 35.5. The third-order valence-electron chi connectivity index (χ3n) is 4.36. The van der Waals surface area contributed by atoms with Crippen molar-refractivity contribution in [2.24, 2.45) is 0 Å². The quantitative estimate of drug-likeness (QED) is 0.465. The molecule has 0 radical (unpaired) electrons. The van der Waals surface area contributed by atoms with Gasteiger partial charge >= 0.3 is 6.09 Å². The van der Waals surface area contributed by atoms with Gasteiger partial charge in [-0.3, -0.25) is 4.79 Å². The molecule has 0 bridgehead atoms. The SMILES string of the molecule is C[C@@H]1COc2c(sc3ccc4nc(Cl)ccc4c23)C(=O)N1C(=O)OC(C)(C)C. The molecule has 0 N–H and O–H groups in total. The Balaban J connectivity index is 1.86. The molecular formula is C20H19ClN2O4S. The fourth-order valence-electron chi connectivity index (χ4n) is 3.19. The molecule has 0 fully saturated rings. The number of fused-ring (bicyclic) bond motifs is 5. The number of hydrogen-bond donors (Lipinski definition) is 0. The van der Waals surface area contributed by atoms with Crippen molar-refractivity contribution >= 4 is 55.9 Å². The van der Waals surface area contributed by atoms with Crippen molar-refractivity contribution in [1.82, 2.24) is 9.88 Å². The zero-order valence-electron chi connectivity index (χ0n) is 15.9. The molecule has 0 unspecified atom stereocenters. The molecule has 0 spiro atoms.